The van der Waals surface area contributed by atoms with Gasteiger partial charge in [0.25, 0.3) is 5.91 Å². The van der Waals surface area contributed by atoms with Crippen LogP contribution in [0.2, 0.25) is 0 Å². The van der Waals surface area contributed by atoms with Crippen LogP contribution in [0.15, 0.2) is 30.3 Å². The van der Waals surface area contributed by atoms with Crippen LogP contribution in [0, 0.1) is 0 Å². The fraction of sp³-hybridized carbons (Fsp3) is 0.400. The lowest BCUT2D eigenvalue weighted by Crippen LogP contribution is -2.50. The molecule has 1 aliphatic heterocycles. The molecular weight excluding hydrogens is 272 g/mol. The first-order valence-corrected chi connectivity index (χ1v) is 6.90. The summed E-state index contributed by atoms with van der Waals surface area (Å²) in [4.78, 5) is 37.7. The summed E-state index contributed by atoms with van der Waals surface area (Å²) in [6, 6.07) is 9.00. The molecule has 1 saturated heterocycles. The highest BCUT2D eigenvalue weighted by Crippen LogP contribution is 2.10. The molecule has 1 aromatic rings. The van der Waals surface area contributed by atoms with Gasteiger partial charge in [0, 0.05) is 44.1 Å². The Hall–Kier alpha value is -2.37. The number of benzene rings is 1. The lowest BCUT2D eigenvalue weighted by atomic mass is 10.1. The Morgan fingerprint density at radius 1 is 0.905 bits per heavy atom. The number of piperazine rings is 1. The van der Waals surface area contributed by atoms with Gasteiger partial charge in [0.15, 0.2) is 0 Å². The van der Waals surface area contributed by atoms with E-state index in [9.17, 15) is 19.5 Å². The van der Waals surface area contributed by atoms with Crippen LogP contribution in [0.4, 0.5) is 0 Å². The molecule has 21 heavy (non-hydrogen) atoms. The summed E-state index contributed by atoms with van der Waals surface area (Å²) in [5.41, 5.74) is 0.634. The third kappa shape index (κ3) is 4.05. The fourth-order valence-corrected chi connectivity index (χ4v) is 2.29. The van der Waals surface area contributed by atoms with Gasteiger partial charge in [0.05, 0.1) is 0 Å². The standard InChI is InChI=1S/C15H18N2O4/c18-13(6-7-14(19)20)16-8-10-17(11-9-16)15(21)12-4-2-1-3-5-12/h1-5H,6-11H2,(H,19,20)/p-1. The van der Waals surface area contributed by atoms with Crippen molar-refractivity contribution in [3.8, 4) is 0 Å². The van der Waals surface area contributed by atoms with E-state index in [1.807, 2.05) is 18.2 Å². The third-order valence-corrected chi connectivity index (χ3v) is 3.48. The van der Waals surface area contributed by atoms with Gasteiger partial charge < -0.3 is 19.7 Å². The Bertz CT molecular complexity index is 522. The average Bonchev–Trinajstić information content (AvgIpc) is 2.53. The summed E-state index contributed by atoms with van der Waals surface area (Å²) < 4.78 is 0. The van der Waals surface area contributed by atoms with Crippen LogP contribution >= 0.6 is 0 Å². The molecule has 0 aromatic heterocycles. The quantitative estimate of drug-likeness (QED) is 0.748. The summed E-state index contributed by atoms with van der Waals surface area (Å²) in [7, 11) is 0. The Morgan fingerprint density at radius 3 is 2.05 bits per heavy atom. The van der Waals surface area contributed by atoms with Crippen LogP contribution < -0.4 is 5.11 Å². The van der Waals surface area contributed by atoms with Gasteiger partial charge in [0.1, 0.15) is 0 Å². The van der Waals surface area contributed by atoms with Crippen molar-refractivity contribution in [1.82, 2.24) is 9.80 Å². The molecule has 1 aliphatic rings. The molecule has 0 N–H and O–H groups in total. The Labute approximate surface area is 123 Å². The van der Waals surface area contributed by atoms with Crippen molar-refractivity contribution in [2.75, 3.05) is 26.2 Å². The highest BCUT2D eigenvalue weighted by molar-refractivity contribution is 5.94. The number of hydrogen-bond donors (Lipinski definition) is 0. The van der Waals surface area contributed by atoms with Gasteiger partial charge in [-0.2, -0.15) is 0 Å². The van der Waals surface area contributed by atoms with Crippen molar-refractivity contribution < 1.29 is 19.5 Å². The van der Waals surface area contributed by atoms with E-state index in [1.165, 1.54) is 0 Å². The van der Waals surface area contributed by atoms with E-state index in [-0.39, 0.29) is 24.7 Å². The van der Waals surface area contributed by atoms with Crippen LogP contribution in [0.25, 0.3) is 0 Å². The summed E-state index contributed by atoms with van der Waals surface area (Å²) in [6.07, 6.45) is -0.309. The number of amides is 2. The number of nitrogens with zero attached hydrogens (tertiary/aromatic N) is 2. The average molecular weight is 289 g/mol. The van der Waals surface area contributed by atoms with Gasteiger partial charge in [-0.05, 0) is 18.6 Å². The van der Waals surface area contributed by atoms with E-state index in [2.05, 4.69) is 0 Å². The van der Waals surface area contributed by atoms with Crippen molar-refractivity contribution in [1.29, 1.82) is 0 Å². The molecule has 1 fully saturated rings. The van der Waals surface area contributed by atoms with Gasteiger partial charge in [-0.25, -0.2) is 0 Å². The Morgan fingerprint density at radius 2 is 1.48 bits per heavy atom. The molecular formula is C15H17N2O4-. The summed E-state index contributed by atoms with van der Waals surface area (Å²) in [6.45, 7) is 1.80. The summed E-state index contributed by atoms with van der Waals surface area (Å²) in [5, 5.41) is 10.4. The maximum Gasteiger partial charge on any atom is 0.253 e. The first-order valence-electron chi connectivity index (χ1n) is 6.90. The number of aliphatic carboxylic acids is 1. The second kappa shape index (κ2) is 6.88. The maximum atomic E-state index is 12.2. The monoisotopic (exact) mass is 289 g/mol. The van der Waals surface area contributed by atoms with Crippen molar-refractivity contribution in [3.05, 3.63) is 35.9 Å². The van der Waals surface area contributed by atoms with Crippen molar-refractivity contribution in [2.24, 2.45) is 0 Å². The van der Waals surface area contributed by atoms with E-state index >= 15 is 0 Å². The molecule has 0 unspecified atom stereocenters. The van der Waals surface area contributed by atoms with E-state index in [0.29, 0.717) is 31.7 Å². The highest BCUT2D eigenvalue weighted by atomic mass is 16.4. The zero-order chi connectivity index (χ0) is 15.2. The second-order valence-corrected chi connectivity index (χ2v) is 4.91. The lowest BCUT2D eigenvalue weighted by molar-refractivity contribution is -0.305. The minimum absolute atomic E-state index is 0.0440. The number of carboxylic acid groups (broad SMARTS) is 1. The zero-order valence-corrected chi connectivity index (χ0v) is 11.7. The first kappa shape index (κ1) is 15.0. The SMILES string of the molecule is O=C([O-])CCC(=O)N1CCN(C(=O)c2ccccc2)CC1. The predicted molar refractivity (Wildman–Crippen MR) is 73.2 cm³/mol. The van der Waals surface area contributed by atoms with Crippen molar-refractivity contribution in [3.63, 3.8) is 0 Å². The molecule has 0 atom stereocenters. The second-order valence-electron chi connectivity index (χ2n) is 4.91. The number of rotatable bonds is 4. The number of carbonyl (C=O) groups excluding carboxylic acids is 3. The molecule has 0 bridgehead atoms. The minimum Gasteiger partial charge on any atom is -0.550 e. The van der Waals surface area contributed by atoms with Gasteiger partial charge in [-0.3, -0.25) is 9.59 Å². The van der Waals surface area contributed by atoms with E-state index in [0.717, 1.165) is 0 Å². The third-order valence-electron chi connectivity index (χ3n) is 3.48. The van der Waals surface area contributed by atoms with Crippen LogP contribution in [0.1, 0.15) is 23.2 Å². The number of hydrogen-bond acceptors (Lipinski definition) is 4. The van der Waals surface area contributed by atoms with Crippen molar-refractivity contribution in [2.45, 2.75) is 12.8 Å². The normalized spacial score (nSPS) is 14.9. The molecule has 0 saturated carbocycles. The minimum atomic E-state index is -1.22. The largest absolute Gasteiger partial charge is 0.550 e. The lowest BCUT2D eigenvalue weighted by Gasteiger charge is -2.35. The molecule has 1 aromatic carbocycles. The van der Waals surface area contributed by atoms with Gasteiger partial charge in [0.2, 0.25) is 5.91 Å². The maximum absolute atomic E-state index is 12.2. The number of carbonyl (C=O) groups is 3. The summed E-state index contributed by atoms with van der Waals surface area (Å²) in [5.74, 6) is -1.47. The fourth-order valence-electron chi connectivity index (χ4n) is 2.29. The molecule has 0 aliphatic carbocycles. The molecule has 2 rings (SSSR count). The molecule has 0 spiro atoms. The van der Waals surface area contributed by atoms with Crippen LogP contribution in [-0.4, -0.2) is 53.8 Å². The van der Waals surface area contributed by atoms with Crippen molar-refractivity contribution >= 4 is 17.8 Å². The summed E-state index contributed by atoms with van der Waals surface area (Å²) >= 11 is 0. The molecule has 6 heteroatoms. The molecule has 1 heterocycles. The number of carboxylic acids is 1. The Balaban J connectivity index is 1.84. The van der Waals surface area contributed by atoms with Gasteiger partial charge in [-0.15, -0.1) is 0 Å². The van der Waals surface area contributed by atoms with E-state index in [1.54, 1.807) is 21.9 Å². The van der Waals surface area contributed by atoms with Crippen LogP contribution in [-0.2, 0) is 9.59 Å². The van der Waals surface area contributed by atoms with Gasteiger partial charge in [-0.1, -0.05) is 18.2 Å². The topological polar surface area (TPSA) is 80.8 Å². The molecule has 112 valence electrons. The van der Waals surface area contributed by atoms with Gasteiger partial charge >= 0.3 is 0 Å². The smallest absolute Gasteiger partial charge is 0.253 e. The van der Waals surface area contributed by atoms with Crippen LogP contribution in [0.3, 0.4) is 0 Å². The first-order chi connectivity index (χ1) is 10.1. The molecule has 6 nitrogen and oxygen atoms in total. The highest BCUT2D eigenvalue weighted by Gasteiger charge is 2.24. The molecule has 2 amide bonds. The molecule has 0 radical (unpaired) electrons. The Kier molecular flexibility index (Phi) is 4.92. The predicted octanol–water partition coefficient (Wildman–Crippen LogP) is -0.499. The van der Waals surface area contributed by atoms with E-state index < -0.39 is 5.97 Å². The van der Waals surface area contributed by atoms with Crippen LogP contribution in [0.5, 0.6) is 0 Å². The van der Waals surface area contributed by atoms with E-state index in [4.69, 9.17) is 0 Å². The zero-order valence-electron chi connectivity index (χ0n) is 11.7.